The van der Waals surface area contributed by atoms with Gasteiger partial charge in [0.2, 0.25) is 0 Å². The van der Waals surface area contributed by atoms with Crippen LogP contribution in [0.1, 0.15) is 26.3 Å². The fourth-order valence-corrected chi connectivity index (χ4v) is 8.20. The summed E-state index contributed by atoms with van der Waals surface area (Å²) in [4.78, 5) is 24.4. The number of nitrogens with zero attached hydrogens (tertiary/aromatic N) is 7. The van der Waals surface area contributed by atoms with E-state index in [1.807, 2.05) is 103 Å². The predicted molar refractivity (Wildman–Crippen MR) is 253 cm³/mol. The van der Waals surface area contributed by atoms with Gasteiger partial charge in [-0.3, -0.25) is 0 Å². The standard InChI is InChI=1S/C55H40N7O.Pt/c1-55(2,3)39-28-30-40(31-29-39)60-36-61(48-26-13-12-25-47(48)60)41-21-16-22-42(33-41)63-50-35-49-44(43-23-10-11-24-46(43)62(49)51-27-14-15-32-56-51)34-45(50)54-58-52(37-17-6-4-7-18-37)57-53(59-54)38-19-8-5-9-20-38;/h4-32,34,36H,1-3H3;/q-3;. The first-order valence-electron chi connectivity index (χ1n) is 21.0. The van der Waals surface area contributed by atoms with E-state index < -0.39 is 0 Å². The van der Waals surface area contributed by atoms with Crippen LogP contribution in [0.2, 0.25) is 0 Å². The molecule has 3 aromatic heterocycles. The third-order valence-corrected chi connectivity index (χ3v) is 11.4. The summed E-state index contributed by atoms with van der Waals surface area (Å²) in [7, 11) is 0. The smallest absolute Gasteiger partial charge is 0.162 e. The maximum atomic E-state index is 7.00. The van der Waals surface area contributed by atoms with Gasteiger partial charge in [0.1, 0.15) is 11.6 Å². The van der Waals surface area contributed by atoms with Gasteiger partial charge in [-0.25, -0.2) is 19.9 Å². The van der Waals surface area contributed by atoms with E-state index in [2.05, 4.69) is 127 Å². The number of ether oxygens (including phenoxy) is 1. The van der Waals surface area contributed by atoms with Crippen molar-refractivity contribution >= 4 is 44.6 Å². The molecule has 0 N–H and O–H groups in total. The van der Waals surface area contributed by atoms with Crippen LogP contribution in [-0.2, 0) is 26.5 Å². The molecule has 7 aromatic carbocycles. The number of fused-ring (bicyclic) bond motifs is 4. The average molecular weight is 1010 g/mol. The van der Waals surface area contributed by atoms with Crippen LogP contribution in [-0.4, -0.2) is 24.5 Å². The van der Waals surface area contributed by atoms with Gasteiger partial charge in [0.25, 0.3) is 0 Å². The van der Waals surface area contributed by atoms with Crippen molar-refractivity contribution in [3.63, 3.8) is 0 Å². The fraction of sp³-hybridized carbons (Fsp3) is 0.0727. The Kier molecular flexibility index (Phi) is 10.6. The molecule has 0 atom stereocenters. The van der Waals surface area contributed by atoms with Gasteiger partial charge in [-0.1, -0.05) is 135 Å². The number of hydrogen-bond donors (Lipinski definition) is 0. The van der Waals surface area contributed by atoms with Crippen LogP contribution >= 0.6 is 0 Å². The van der Waals surface area contributed by atoms with Gasteiger partial charge in [0.15, 0.2) is 11.6 Å². The maximum Gasteiger partial charge on any atom is 0.162 e. The Balaban J connectivity index is 0.00000484. The number of aromatic nitrogens is 5. The normalized spacial score (nSPS) is 12.4. The number of para-hydroxylation sites is 3. The minimum absolute atomic E-state index is 0. The van der Waals surface area contributed by atoms with Crippen molar-refractivity contribution in [1.29, 1.82) is 0 Å². The van der Waals surface area contributed by atoms with Crippen molar-refractivity contribution in [3.8, 4) is 51.5 Å². The van der Waals surface area contributed by atoms with E-state index in [1.54, 1.807) is 6.20 Å². The Bertz CT molecular complexity index is 3220. The Hall–Kier alpha value is -7.41. The average Bonchev–Trinajstić information content (AvgIpc) is 3.88. The fourth-order valence-electron chi connectivity index (χ4n) is 8.20. The monoisotopic (exact) mass is 1010 g/mol. The first-order valence-corrected chi connectivity index (χ1v) is 21.0. The molecule has 0 saturated carbocycles. The predicted octanol–water partition coefficient (Wildman–Crippen LogP) is 13.5. The second-order valence-corrected chi connectivity index (χ2v) is 16.5. The number of hydrogen-bond acceptors (Lipinski definition) is 7. The minimum Gasteiger partial charge on any atom is -0.508 e. The van der Waals surface area contributed by atoms with E-state index in [9.17, 15) is 0 Å². The van der Waals surface area contributed by atoms with E-state index in [0.29, 0.717) is 34.5 Å². The van der Waals surface area contributed by atoms with Crippen molar-refractivity contribution in [1.82, 2.24) is 24.5 Å². The van der Waals surface area contributed by atoms with Crippen LogP contribution in [0.25, 0.3) is 61.8 Å². The van der Waals surface area contributed by atoms with E-state index >= 15 is 0 Å². The van der Waals surface area contributed by atoms with Crippen molar-refractivity contribution < 1.29 is 25.8 Å². The molecule has 0 aliphatic carbocycles. The zero-order valence-corrected chi connectivity index (χ0v) is 37.5. The third kappa shape index (κ3) is 7.50. The summed E-state index contributed by atoms with van der Waals surface area (Å²) in [6, 6.07) is 66.8. The molecule has 0 amide bonds. The molecule has 9 heteroatoms. The summed E-state index contributed by atoms with van der Waals surface area (Å²) in [5, 5.41) is 2.00. The zero-order chi connectivity index (χ0) is 42.5. The van der Waals surface area contributed by atoms with Crippen molar-refractivity contribution in [3.05, 3.63) is 206 Å². The van der Waals surface area contributed by atoms with Gasteiger partial charge in [0.05, 0.1) is 0 Å². The molecule has 0 radical (unpaired) electrons. The first-order chi connectivity index (χ1) is 30.9. The molecule has 8 nitrogen and oxygen atoms in total. The van der Waals surface area contributed by atoms with E-state index in [1.165, 1.54) is 5.56 Å². The molecule has 64 heavy (non-hydrogen) atoms. The largest absolute Gasteiger partial charge is 0.508 e. The molecule has 4 heterocycles. The molecule has 314 valence electrons. The second-order valence-electron chi connectivity index (χ2n) is 16.5. The Morgan fingerprint density at radius 1 is 0.562 bits per heavy atom. The molecular formula is C55H40N7OPt-3. The molecule has 0 unspecified atom stereocenters. The van der Waals surface area contributed by atoms with E-state index in [4.69, 9.17) is 24.7 Å². The number of anilines is 4. The van der Waals surface area contributed by atoms with Crippen molar-refractivity contribution in [2.75, 3.05) is 9.80 Å². The van der Waals surface area contributed by atoms with Crippen LogP contribution < -0.4 is 14.5 Å². The van der Waals surface area contributed by atoms with Gasteiger partial charge in [-0.05, 0) is 64.4 Å². The molecule has 10 aromatic rings. The van der Waals surface area contributed by atoms with Crippen molar-refractivity contribution in [2.45, 2.75) is 26.2 Å². The maximum absolute atomic E-state index is 7.00. The second kappa shape index (κ2) is 16.7. The van der Waals surface area contributed by atoms with Gasteiger partial charge < -0.3 is 19.1 Å². The SMILES string of the molecule is CC(C)(C)c1ccc(N2[CH-]N(c3[c-]c(Oc4[c-]c5c(cc4-c4nc(-c6ccccc6)nc(-c6ccccc6)n4)c4ccccc4n5-c4ccccn4)ccc3)c3ccccc32)cc1.[Pt]. The van der Waals surface area contributed by atoms with E-state index in [0.717, 1.165) is 61.5 Å². The summed E-state index contributed by atoms with van der Waals surface area (Å²) in [6.45, 7) is 8.82. The quantitative estimate of drug-likeness (QED) is 0.140. The minimum atomic E-state index is 0. The number of pyridine rings is 1. The van der Waals surface area contributed by atoms with Gasteiger partial charge in [-0.15, -0.1) is 48.1 Å². The van der Waals surface area contributed by atoms with Crippen LogP contribution in [0.15, 0.2) is 182 Å². The van der Waals surface area contributed by atoms with Crippen LogP contribution in [0.5, 0.6) is 11.5 Å². The summed E-state index contributed by atoms with van der Waals surface area (Å²) in [5.74, 6) is 3.27. The molecule has 0 spiro atoms. The summed E-state index contributed by atoms with van der Waals surface area (Å²) >= 11 is 0. The Morgan fingerprint density at radius 3 is 1.86 bits per heavy atom. The number of rotatable bonds is 8. The van der Waals surface area contributed by atoms with E-state index in [-0.39, 0.29) is 26.5 Å². The van der Waals surface area contributed by atoms with Crippen LogP contribution in [0, 0.1) is 18.8 Å². The molecule has 1 aliphatic rings. The van der Waals surface area contributed by atoms with Gasteiger partial charge in [-0.2, -0.15) is 6.07 Å². The molecule has 1 aliphatic heterocycles. The Labute approximate surface area is 386 Å². The number of benzene rings is 7. The summed E-state index contributed by atoms with van der Waals surface area (Å²) in [6.07, 6.45) is 1.80. The molecule has 0 fully saturated rings. The molecule has 11 rings (SSSR count). The topological polar surface area (TPSA) is 72.2 Å². The summed E-state index contributed by atoms with van der Waals surface area (Å²) < 4.78 is 9.12. The molecular weight excluding hydrogens is 970 g/mol. The molecule has 0 bridgehead atoms. The van der Waals surface area contributed by atoms with Crippen molar-refractivity contribution in [2.24, 2.45) is 0 Å². The summed E-state index contributed by atoms with van der Waals surface area (Å²) in [5.41, 5.74) is 9.54. The first kappa shape index (κ1) is 40.6. The van der Waals surface area contributed by atoms with Crippen LogP contribution in [0.3, 0.4) is 0 Å². The van der Waals surface area contributed by atoms with Crippen LogP contribution in [0.4, 0.5) is 22.7 Å². The third-order valence-electron chi connectivity index (χ3n) is 11.4. The molecule has 0 saturated heterocycles. The zero-order valence-electron chi connectivity index (χ0n) is 35.3. The Morgan fingerprint density at radius 2 is 1.19 bits per heavy atom. The van der Waals surface area contributed by atoms with Gasteiger partial charge in [0, 0.05) is 72.5 Å². The van der Waals surface area contributed by atoms with Gasteiger partial charge >= 0.3 is 0 Å².